The Hall–Kier alpha value is -1.75. The molecule has 0 aromatic heterocycles. The second-order valence-corrected chi connectivity index (χ2v) is 5.16. The molecule has 1 amide bonds. The van der Waals surface area contributed by atoms with Gasteiger partial charge in [-0.05, 0) is 36.5 Å². The Bertz CT molecular complexity index is 469. The van der Waals surface area contributed by atoms with Gasteiger partial charge in [-0.25, -0.2) is 0 Å². The van der Waals surface area contributed by atoms with Crippen LogP contribution in [-0.2, 0) is 11.2 Å². The summed E-state index contributed by atoms with van der Waals surface area (Å²) in [4.78, 5) is 11.8. The second-order valence-electron chi connectivity index (χ2n) is 5.16. The van der Waals surface area contributed by atoms with E-state index in [1.165, 1.54) is 0 Å². The number of rotatable bonds is 6. The molecule has 1 aliphatic carbocycles. The van der Waals surface area contributed by atoms with Gasteiger partial charge in [0, 0.05) is 6.54 Å². The Morgan fingerprint density at radius 1 is 1.30 bits per heavy atom. The van der Waals surface area contributed by atoms with Crippen molar-refractivity contribution in [1.29, 1.82) is 0 Å². The number of hydrogen-bond acceptors (Lipinski definition) is 4. The van der Waals surface area contributed by atoms with E-state index in [0.29, 0.717) is 30.4 Å². The van der Waals surface area contributed by atoms with E-state index < -0.39 is 0 Å². The predicted octanol–water partition coefficient (Wildman–Crippen LogP) is 1.13. The molecule has 1 fully saturated rings. The van der Waals surface area contributed by atoms with E-state index in [2.05, 4.69) is 5.32 Å². The Balaban J connectivity index is 1.84. The molecule has 0 bridgehead atoms. The fourth-order valence-electron chi connectivity index (χ4n) is 2.36. The second kappa shape index (κ2) is 6.61. The summed E-state index contributed by atoms with van der Waals surface area (Å²) in [6.45, 7) is 0.642. The van der Waals surface area contributed by atoms with E-state index in [0.717, 1.165) is 18.4 Å². The minimum Gasteiger partial charge on any atom is -0.493 e. The summed E-state index contributed by atoms with van der Waals surface area (Å²) >= 11 is 0. The summed E-state index contributed by atoms with van der Waals surface area (Å²) in [5.41, 5.74) is 0.883. The van der Waals surface area contributed by atoms with E-state index in [4.69, 9.17) is 9.47 Å². The van der Waals surface area contributed by atoms with Crippen LogP contribution < -0.4 is 14.8 Å². The molecular weight excluding hydrogens is 258 g/mol. The Morgan fingerprint density at radius 2 is 2.00 bits per heavy atom. The first kappa shape index (κ1) is 14.7. The molecule has 0 aliphatic heterocycles. The number of aliphatic hydroxyl groups excluding tert-OH is 1. The zero-order valence-corrected chi connectivity index (χ0v) is 11.9. The quantitative estimate of drug-likeness (QED) is 0.819. The highest BCUT2D eigenvalue weighted by Crippen LogP contribution is 2.28. The predicted molar refractivity (Wildman–Crippen MR) is 75.0 cm³/mol. The summed E-state index contributed by atoms with van der Waals surface area (Å²) in [6.07, 6.45) is 1.71. The van der Waals surface area contributed by atoms with Crippen LogP contribution in [0.2, 0.25) is 0 Å². The first-order valence-electron chi connectivity index (χ1n) is 6.78. The standard InChI is InChI=1S/C15H21NO4/c1-19-13-4-3-10(7-14(13)20-2)8-15(18)16-9-11-5-12(17)6-11/h3-4,7,11-12,17H,5-6,8-9H2,1-2H3,(H,16,18). The highest BCUT2D eigenvalue weighted by molar-refractivity contribution is 5.78. The average Bonchev–Trinajstić information content (AvgIpc) is 2.42. The molecule has 0 saturated heterocycles. The lowest BCUT2D eigenvalue weighted by Crippen LogP contribution is -2.38. The zero-order valence-electron chi connectivity index (χ0n) is 11.9. The molecule has 2 N–H and O–H groups in total. The van der Waals surface area contributed by atoms with Gasteiger partial charge in [-0.1, -0.05) is 6.07 Å². The summed E-state index contributed by atoms with van der Waals surface area (Å²) < 4.78 is 10.4. The third-order valence-corrected chi connectivity index (χ3v) is 3.61. The van der Waals surface area contributed by atoms with Crippen LogP contribution in [0.25, 0.3) is 0 Å². The molecule has 0 heterocycles. The number of aliphatic hydroxyl groups is 1. The van der Waals surface area contributed by atoms with Gasteiger partial charge in [0.05, 0.1) is 26.7 Å². The maximum absolute atomic E-state index is 11.8. The number of carbonyl (C=O) groups is 1. The highest BCUT2D eigenvalue weighted by atomic mass is 16.5. The molecule has 5 nitrogen and oxygen atoms in total. The molecule has 1 saturated carbocycles. The molecular formula is C15H21NO4. The van der Waals surface area contributed by atoms with Crippen molar-refractivity contribution in [1.82, 2.24) is 5.32 Å². The third-order valence-electron chi connectivity index (χ3n) is 3.61. The molecule has 20 heavy (non-hydrogen) atoms. The summed E-state index contributed by atoms with van der Waals surface area (Å²) in [5, 5.41) is 12.1. The average molecular weight is 279 g/mol. The van der Waals surface area contributed by atoms with Gasteiger partial charge in [-0.3, -0.25) is 4.79 Å². The van der Waals surface area contributed by atoms with Crippen LogP contribution in [0.4, 0.5) is 0 Å². The molecule has 0 atom stereocenters. The maximum atomic E-state index is 11.8. The van der Waals surface area contributed by atoms with Crippen LogP contribution in [0, 0.1) is 5.92 Å². The van der Waals surface area contributed by atoms with Crippen LogP contribution in [0.1, 0.15) is 18.4 Å². The van der Waals surface area contributed by atoms with Crippen molar-refractivity contribution in [3.63, 3.8) is 0 Å². The van der Waals surface area contributed by atoms with Crippen molar-refractivity contribution in [3.05, 3.63) is 23.8 Å². The molecule has 1 aromatic rings. The van der Waals surface area contributed by atoms with E-state index in [-0.39, 0.29) is 12.0 Å². The number of benzene rings is 1. The van der Waals surface area contributed by atoms with Gasteiger partial charge in [0.2, 0.25) is 5.91 Å². The number of amides is 1. The van der Waals surface area contributed by atoms with Gasteiger partial charge < -0.3 is 19.9 Å². The lowest BCUT2D eigenvalue weighted by Gasteiger charge is -2.31. The van der Waals surface area contributed by atoms with E-state index in [1.54, 1.807) is 20.3 Å². The van der Waals surface area contributed by atoms with Crippen LogP contribution in [-0.4, -0.2) is 37.9 Å². The van der Waals surface area contributed by atoms with Crippen LogP contribution in [0.3, 0.4) is 0 Å². The normalized spacial score (nSPS) is 20.9. The largest absolute Gasteiger partial charge is 0.493 e. The van der Waals surface area contributed by atoms with Crippen molar-refractivity contribution in [2.45, 2.75) is 25.4 Å². The lowest BCUT2D eigenvalue weighted by molar-refractivity contribution is -0.121. The number of methoxy groups -OCH3 is 2. The van der Waals surface area contributed by atoms with Gasteiger partial charge in [0.15, 0.2) is 11.5 Å². The highest BCUT2D eigenvalue weighted by Gasteiger charge is 2.27. The summed E-state index contributed by atoms with van der Waals surface area (Å²) in [7, 11) is 3.15. The summed E-state index contributed by atoms with van der Waals surface area (Å²) in [6, 6.07) is 5.46. The minimum atomic E-state index is -0.178. The maximum Gasteiger partial charge on any atom is 0.224 e. The first-order chi connectivity index (χ1) is 9.62. The van der Waals surface area contributed by atoms with E-state index >= 15 is 0 Å². The molecule has 0 radical (unpaired) electrons. The number of hydrogen-bond donors (Lipinski definition) is 2. The number of carbonyl (C=O) groups excluding carboxylic acids is 1. The monoisotopic (exact) mass is 279 g/mol. The van der Waals surface area contributed by atoms with Gasteiger partial charge in [0.1, 0.15) is 0 Å². The molecule has 0 spiro atoms. The fraction of sp³-hybridized carbons (Fsp3) is 0.533. The third kappa shape index (κ3) is 3.63. The van der Waals surface area contributed by atoms with Crippen molar-refractivity contribution in [2.75, 3.05) is 20.8 Å². The first-order valence-corrected chi connectivity index (χ1v) is 6.78. The van der Waals surface area contributed by atoms with Gasteiger partial charge in [-0.2, -0.15) is 0 Å². The molecule has 1 aliphatic rings. The SMILES string of the molecule is COc1ccc(CC(=O)NCC2CC(O)C2)cc1OC. The molecule has 110 valence electrons. The van der Waals surface area contributed by atoms with Crippen molar-refractivity contribution >= 4 is 5.91 Å². The minimum absolute atomic E-state index is 0.0152. The smallest absolute Gasteiger partial charge is 0.224 e. The molecule has 1 aromatic carbocycles. The van der Waals surface area contributed by atoms with Crippen LogP contribution in [0.15, 0.2) is 18.2 Å². The number of nitrogens with one attached hydrogen (secondary N) is 1. The van der Waals surface area contributed by atoms with Gasteiger partial charge in [0.25, 0.3) is 0 Å². The van der Waals surface area contributed by atoms with Crippen molar-refractivity contribution in [2.24, 2.45) is 5.92 Å². The van der Waals surface area contributed by atoms with Gasteiger partial charge in [-0.15, -0.1) is 0 Å². The topological polar surface area (TPSA) is 67.8 Å². The Morgan fingerprint density at radius 3 is 2.60 bits per heavy atom. The van der Waals surface area contributed by atoms with E-state index in [1.807, 2.05) is 12.1 Å². The van der Waals surface area contributed by atoms with Crippen LogP contribution in [0.5, 0.6) is 11.5 Å². The Labute approximate surface area is 118 Å². The van der Waals surface area contributed by atoms with Gasteiger partial charge >= 0.3 is 0 Å². The van der Waals surface area contributed by atoms with E-state index in [9.17, 15) is 9.90 Å². The lowest BCUT2D eigenvalue weighted by atomic mass is 9.82. The van der Waals surface area contributed by atoms with Crippen molar-refractivity contribution < 1.29 is 19.4 Å². The van der Waals surface area contributed by atoms with Crippen LogP contribution >= 0.6 is 0 Å². The zero-order chi connectivity index (χ0) is 14.5. The number of ether oxygens (including phenoxy) is 2. The summed E-state index contributed by atoms with van der Waals surface area (Å²) in [5.74, 6) is 1.68. The molecule has 2 rings (SSSR count). The van der Waals surface area contributed by atoms with Crippen molar-refractivity contribution in [3.8, 4) is 11.5 Å². The Kier molecular flexibility index (Phi) is 4.84. The molecule has 0 unspecified atom stereocenters. The fourth-order valence-corrected chi connectivity index (χ4v) is 2.36. The molecule has 5 heteroatoms.